The van der Waals surface area contributed by atoms with Crippen LogP contribution in [0.4, 0.5) is 0 Å². The van der Waals surface area contributed by atoms with Gasteiger partial charge >= 0.3 is 0 Å². The van der Waals surface area contributed by atoms with E-state index in [1.807, 2.05) is 12.2 Å². The molecule has 2 rings (SSSR count). The first-order valence-corrected chi connectivity index (χ1v) is 5.71. The standard InChI is InChI=1S/C17H16/c1-4-14-10-11-15(5-2)17(12-14)16-9-7-6-8-13(16)3/h4-12H,1-2H2,3H3. The molecule has 0 radical (unpaired) electrons. The van der Waals surface area contributed by atoms with Gasteiger partial charge in [-0.1, -0.05) is 61.7 Å². The fraction of sp³-hybridized carbons (Fsp3) is 0.0588. The first kappa shape index (κ1) is 11.4. The Morgan fingerprint density at radius 2 is 1.65 bits per heavy atom. The summed E-state index contributed by atoms with van der Waals surface area (Å²) in [5.41, 5.74) is 6.04. The Bertz CT molecular complexity index is 562. The van der Waals surface area contributed by atoms with Crippen LogP contribution in [0.15, 0.2) is 55.6 Å². The molecule has 0 amide bonds. The zero-order valence-electron chi connectivity index (χ0n) is 10.1. The van der Waals surface area contributed by atoms with Gasteiger partial charge in [0.05, 0.1) is 0 Å². The van der Waals surface area contributed by atoms with Gasteiger partial charge in [-0.2, -0.15) is 0 Å². The molecule has 2 aromatic carbocycles. The summed E-state index contributed by atoms with van der Waals surface area (Å²) in [4.78, 5) is 0. The van der Waals surface area contributed by atoms with Gasteiger partial charge in [0.2, 0.25) is 0 Å². The third-order valence-electron chi connectivity index (χ3n) is 2.97. The minimum Gasteiger partial charge on any atom is -0.0985 e. The van der Waals surface area contributed by atoms with E-state index in [9.17, 15) is 0 Å². The molecule has 0 heterocycles. The van der Waals surface area contributed by atoms with Crippen molar-refractivity contribution in [3.05, 3.63) is 72.3 Å². The molecule has 0 N–H and O–H groups in total. The molecule has 0 saturated carbocycles. The lowest BCUT2D eigenvalue weighted by Crippen LogP contribution is -1.87. The summed E-state index contributed by atoms with van der Waals surface area (Å²) in [5.74, 6) is 0. The summed E-state index contributed by atoms with van der Waals surface area (Å²) in [7, 11) is 0. The van der Waals surface area contributed by atoms with Crippen molar-refractivity contribution in [3.8, 4) is 11.1 Å². The van der Waals surface area contributed by atoms with Crippen molar-refractivity contribution in [3.63, 3.8) is 0 Å². The highest BCUT2D eigenvalue weighted by atomic mass is 14.1. The second kappa shape index (κ2) is 4.84. The molecule has 0 nitrogen and oxygen atoms in total. The molecular formula is C17H16. The molecule has 0 heteroatoms. The molecular weight excluding hydrogens is 204 g/mol. The van der Waals surface area contributed by atoms with Crippen LogP contribution in [-0.4, -0.2) is 0 Å². The number of hydrogen-bond acceptors (Lipinski definition) is 0. The van der Waals surface area contributed by atoms with Gasteiger partial charge in [0.1, 0.15) is 0 Å². The van der Waals surface area contributed by atoms with Crippen LogP contribution in [-0.2, 0) is 0 Å². The average Bonchev–Trinajstić information content (AvgIpc) is 2.38. The molecule has 0 aliphatic rings. The summed E-state index contributed by atoms with van der Waals surface area (Å²) in [6, 6.07) is 14.7. The molecule has 0 bridgehead atoms. The highest BCUT2D eigenvalue weighted by molar-refractivity contribution is 5.78. The van der Waals surface area contributed by atoms with Crippen molar-refractivity contribution < 1.29 is 0 Å². The van der Waals surface area contributed by atoms with Gasteiger partial charge in [0.25, 0.3) is 0 Å². The Morgan fingerprint density at radius 3 is 2.29 bits per heavy atom. The quantitative estimate of drug-likeness (QED) is 0.686. The lowest BCUT2D eigenvalue weighted by molar-refractivity contribution is 1.45. The maximum absolute atomic E-state index is 3.88. The summed E-state index contributed by atoms with van der Waals surface area (Å²) in [6.45, 7) is 9.82. The van der Waals surface area contributed by atoms with Gasteiger partial charge in [0.15, 0.2) is 0 Å². The van der Waals surface area contributed by atoms with Crippen molar-refractivity contribution >= 4 is 12.2 Å². The maximum atomic E-state index is 3.88. The highest BCUT2D eigenvalue weighted by Gasteiger charge is 2.05. The molecule has 0 aliphatic heterocycles. The van der Waals surface area contributed by atoms with Gasteiger partial charge in [-0.25, -0.2) is 0 Å². The molecule has 0 fully saturated rings. The smallest absolute Gasteiger partial charge is 0.0103 e. The third kappa shape index (κ3) is 2.21. The molecule has 84 valence electrons. The predicted molar refractivity (Wildman–Crippen MR) is 76.8 cm³/mol. The Hall–Kier alpha value is -2.08. The summed E-state index contributed by atoms with van der Waals surface area (Å²) in [6.07, 6.45) is 3.77. The molecule has 0 spiro atoms. The van der Waals surface area contributed by atoms with Crippen LogP contribution in [0.25, 0.3) is 23.3 Å². The molecule has 0 saturated heterocycles. The van der Waals surface area contributed by atoms with Crippen LogP contribution in [0.3, 0.4) is 0 Å². The van der Waals surface area contributed by atoms with E-state index in [-0.39, 0.29) is 0 Å². The Morgan fingerprint density at radius 1 is 0.882 bits per heavy atom. The fourth-order valence-electron chi connectivity index (χ4n) is 1.99. The van der Waals surface area contributed by atoms with Crippen molar-refractivity contribution in [2.45, 2.75) is 6.92 Å². The highest BCUT2D eigenvalue weighted by Crippen LogP contribution is 2.28. The molecule has 0 unspecified atom stereocenters. The van der Waals surface area contributed by atoms with Crippen LogP contribution >= 0.6 is 0 Å². The van der Waals surface area contributed by atoms with Gasteiger partial charge in [0, 0.05) is 0 Å². The van der Waals surface area contributed by atoms with E-state index in [2.05, 4.69) is 62.5 Å². The van der Waals surface area contributed by atoms with E-state index in [0.29, 0.717) is 0 Å². The average molecular weight is 220 g/mol. The number of rotatable bonds is 3. The van der Waals surface area contributed by atoms with E-state index in [1.54, 1.807) is 0 Å². The van der Waals surface area contributed by atoms with Crippen molar-refractivity contribution in [1.29, 1.82) is 0 Å². The second-order valence-electron chi connectivity index (χ2n) is 4.07. The number of aryl methyl sites for hydroxylation is 1. The molecule has 0 aliphatic carbocycles. The monoisotopic (exact) mass is 220 g/mol. The lowest BCUT2D eigenvalue weighted by Gasteiger charge is -2.10. The van der Waals surface area contributed by atoms with Crippen molar-refractivity contribution in [2.24, 2.45) is 0 Å². The van der Waals surface area contributed by atoms with Crippen LogP contribution in [0.2, 0.25) is 0 Å². The summed E-state index contributed by atoms with van der Waals surface area (Å²) < 4.78 is 0. The molecule has 0 aromatic heterocycles. The first-order valence-electron chi connectivity index (χ1n) is 5.71. The van der Waals surface area contributed by atoms with Crippen LogP contribution in [0, 0.1) is 6.92 Å². The zero-order chi connectivity index (χ0) is 12.3. The third-order valence-corrected chi connectivity index (χ3v) is 2.97. The van der Waals surface area contributed by atoms with E-state index in [4.69, 9.17) is 0 Å². The van der Waals surface area contributed by atoms with E-state index >= 15 is 0 Å². The molecule has 2 aromatic rings. The summed E-state index contributed by atoms with van der Waals surface area (Å²) >= 11 is 0. The minimum absolute atomic E-state index is 1.13. The maximum Gasteiger partial charge on any atom is -0.0103 e. The van der Waals surface area contributed by atoms with Crippen LogP contribution < -0.4 is 0 Å². The zero-order valence-corrected chi connectivity index (χ0v) is 10.1. The Balaban J connectivity index is 2.68. The van der Waals surface area contributed by atoms with Gasteiger partial charge in [-0.15, -0.1) is 0 Å². The van der Waals surface area contributed by atoms with E-state index < -0.39 is 0 Å². The largest absolute Gasteiger partial charge is 0.0985 e. The van der Waals surface area contributed by atoms with Gasteiger partial charge in [-0.05, 0) is 40.8 Å². The summed E-state index contributed by atoms with van der Waals surface area (Å²) in [5, 5.41) is 0. The van der Waals surface area contributed by atoms with E-state index in [0.717, 1.165) is 11.1 Å². The first-order chi connectivity index (χ1) is 8.26. The van der Waals surface area contributed by atoms with E-state index in [1.165, 1.54) is 16.7 Å². The molecule has 0 atom stereocenters. The topological polar surface area (TPSA) is 0 Å². The van der Waals surface area contributed by atoms with Crippen molar-refractivity contribution in [1.82, 2.24) is 0 Å². The minimum atomic E-state index is 1.13. The number of hydrogen-bond donors (Lipinski definition) is 0. The Kier molecular flexibility index (Phi) is 3.24. The SMILES string of the molecule is C=Cc1ccc(C=C)c(-c2ccccc2C)c1. The number of benzene rings is 2. The lowest BCUT2D eigenvalue weighted by atomic mass is 9.94. The predicted octanol–water partition coefficient (Wildman–Crippen LogP) is 4.95. The van der Waals surface area contributed by atoms with Crippen LogP contribution in [0.5, 0.6) is 0 Å². The van der Waals surface area contributed by atoms with Crippen molar-refractivity contribution in [2.75, 3.05) is 0 Å². The molecule has 17 heavy (non-hydrogen) atoms. The normalized spacial score (nSPS) is 9.94. The second-order valence-corrected chi connectivity index (χ2v) is 4.07. The van der Waals surface area contributed by atoms with Gasteiger partial charge < -0.3 is 0 Å². The van der Waals surface area contributed by atoms with Crippen LogP contribution in [0.1, 0.15) is 16.7 Å². The fourth-order valence-corrected chi connectivity index (χ4v) is 1.99. The van der Waals surface area contributed by atoms with Gasteiger partial charge in [-0.3, -0.25) is 0 Å². The Labute approximate surface area is 103 Å².